The second kappa shape index (κ2) is 9.88. The third-order valence-corrected chi connectivity index (χ3v) is 6.09. The number of nitrogens with one attached hydrogen (secondary N) is 1. The van der Waals surface area contributed by atoms with Crippen molar-refractivity contribution in [3.05, 3.63) is 59.3 Å². The maximum Gasteiger partial charge on any atom is 0.255 e. The van der Waals surface area contributed by atoms with Crippen LogP contribution < -0.4 is 10.2 Å². The highest BCUT2D eigenvalue weighted by Gasteiger charge is 2.20. The lowest BCUT2D eigenvalue weighted by Crippen LogP contribution is -2.29. The van der Waals surface area contributed by atoms with Crippen LogP contribution in [0, 0.1) is 0 Å². The summed E-state index contributed by atoms with van der Waals surface area (Å²) in [5, 5.41) is 3.14. The highest BCUT2D eigenvalue weighted by Crippen LogP contribution is 2.22. The fourth-order valence-corrected chi connectivity index (χ4v) is 4.45. The normalized spacial score (nSPS) is 17.9. The van der Waals surface area contributed by atoms with Crippen LogP contribution >= 0.6 is 0 Å². The Labute approximate surface area is 174 Å². The minimum Gasteiger partial charge on any atom is -0.356 e. The predicted octanol–water partition coefficient (Wildman–Crippen LogP) is 3.99. The predicted molar refractivity (Wildman–Crippen MR) is 117 cm³/mol. The van der Waals surface area contributed by atoms with Crippen LogP contribution in [0.2, 0.25) is 0 Å². The molecule has 2 fully saturated rings. The molecule has 29 heavy (non-hydrogen) atoms. The maximum atomic E-state index is 13.0. The summed E-state index contributed by atoms with van der Waals surface area (Å²) < 4.78 is 0. The summed E-state index contributed by atoms with van der Waals surface area (Å²) in [6, 6.07) is 12.2. The van der Waals surface area contributed by atoms with Crippen LogP contribution in [0.5, 0.6) is 0 Å². The Bertz CT molecular complexity index is 808. The van der Waals surface area contributed by atoms with Crippen molar-refractivity contribution < 1.29 is 4.79 Å². The van der Waals surface area contributed by atoms with E-state index in [4.69, 9.17) is 0 Å². The van der Waals surface area contributed by atoms with E-state index in [1.54, 1.807) is 6.20 Å². The van der Waals surface area contributed by atoms with Gasteiger partial charge in [0, 0.05) is 32.4 Å². The third-order valence-electron chi connectivity index (χ3n) is 6.09. The van der Waals surface area contributed by atoms with Crippen LogP contribution in [0.1, 0.15) is 60.0 Å². The van der Waals surface area contributed by atoms with E-state index in [1.807, 2.05) is 12.1 Å². The molecule has 2 aromatic rings. The molecule has 0 atom stereocenters. The second-order valence-electron chi connectivity index (χ2n) is 8.21. The van der Waals surface area contributed by atoms with Crippen LogP contribution in [-0.2, 0) is 13.1 Å². The molecule has 5 heteroatoms. The van der Waals surface area contributed by atoms with Gasteiger partial charge in [-0.3, -0.25) is 9.69 Å². The number of benzene rings is 1. The number of anilines is 1. The number of pyridine rings is 1. The number of rotatable bonds is 6. The van der Waals surface area contributed by atoms with Gasteiger partial charge in [0.05, 0.1) is 5.56 Å². The Hall–Kier alpha value is -2.40. The van der Waals surface area contributed by atoms with Crippen molar-refractivity contribution in [2.45, 2.75) is 51.6 Å². The first-order valence-corrected chi connectivity index (χ1v) is 11.1. The fourth-order valence-electron chi connectivity index (χ4n) is 4.45. The minimum absolute atomic E-state index is 0.0374. The molecule has 0 bridgehead atoms. The summed E-state index contributed by atoms with van der Waals surface area (Å²) in [6.45, 7) is 5.84. The van der Waals surface area contributed by atoms with Gasteiger partial charge in [0.2, 0.25) is 0 Å². The molecule has 0 radical (unpaired) electrons. The number of hydrogen-bond acceptors (Lipinski definition) is 4. The SMILES string of the molecule is O=C(NCc1ccccc1CN1CCCCCC1)c1cccnc1N1CCCC1. The first-order valence-electron chi connectivity index (χ1n) is 11.1. The van der Waals surface area contributed by atoms with E-state index in [9.17, 15) is 4.79 Å². The average Bonchev–Trinajstić information content (AvgIpc) is 3.18. The highest BCUT2D eigenvalue weighted by molar-refractivity contribution is 5.98. The zero-order valence-corrected chi connectivity index (χ0v) is 17.3. The number of carbonyl (C=O) groups is 1. The summed E-state index contributed by atoms with van der Waals surface area (Å²) in [4.78, 5) is 22.2. The summed E-state index contributed by atoms with van der Waals surface area (Å²) in [5.41, 5.74) is 3.21. The maximum absolute atomic E-state index is 13.0. The molecule has 0 saturated carbocycles. The average molecular weight is 393 g/mol. The lowest BCUT2D eigenvalue weighted by Gasteiger charge is -2.22. The van der Waals surface area contributed by atoms with E-state index in [0.29, 0.717) is 12.1 Å². The lowest BCUT2D eigenvalue weighted by molar-refractivity contribution is 0.0951. The number of nitrogens with zero attached hydrogens (tertiary/aromatic N) is 3. The van der Waals surface area contributed by atoms with Gasteiger partial charge in [-0.05, 0) is 62.0 Å². The van der Waals surface area contributed by atoms with Crippen molar-refractivity contribution in [3.8, 4) is 0 Å². The van der Waals surface area contributed by atoms with E-state index in [0.717, 1.165) is 25.5 Å². The fraction of sp³-hybridized carbons (Fsp3) is 0.500. The van der Waals surface area contributed by atoms with Crippen LogP contribution in [0.4, 0.5) is 5.82 Å². The molecule has 0 unspecified atom stereocenters. The zero-order chi connectivity index (χ0) is 19.9. The number of aromatic nitrogens is 1. The van der Waals surface area contributed by atoms with Crippen molar-refractivity contribution in [1.29, 1.82) is 0 Å². The van der Waals surface area contributed by atoms with Crippen LogP contribution in [0.15, 0.2) is 42.6 Å². The van der Waals surface area contributed by atoms with E-state index in [2.05, 4.69) is 44.4 Å². The molecule has 1 aromatic heterocycles. The molecular weight excluding hydrogens is 360 g/mol. The van der Waals surface area contributed by atoms with Gasteiger partial charge in [0.15, 0.2) is 0 Å². The van der Waals surface area contributed by atoms with E-state index < -0.39 is 0 Å². The Morgan fingerprint density at radius 2 is 1.55 bits per heavy atom. The van der Waals surface area contributed by atoms with Crippen LogP contribution in [-0.4, -0.2) is 42.0 Å². The number of likely N-dealkylation sites (tertiary alicyclic amines) is 1. The van der Waals surface area contributed by atoms with Crippen LogP contribution in [0.3, 0.4) is 0 Å². The molecule has 5 nitrogen and oxygen atoms in total. The third kappa shape index (κ3) is 5.15. The second-order valence-corrected chi connectivity index (χ2v) is 8.21. The molecule has 2 saturated heterocycles. The van der Waals surface area contributed by atoms with Gasteiger partial charge < -0.3 is 10.2 Å². The highest BCUT2D eigenvalue weighted by atomic mass is 16.1. The minimum atomic E-state index is -0.0374. The first-order chi connectivity index (χ1) is 14.3. The molecule has 1 N–H and O–H groups in total. The summed E-state index contributed by atoms with van der Waals surface area (Å²) in [5.74, 6) is 0.782. The van der Waals surface area contributed by atoms with Crippen molar-refractivity contribution in [2.75, 3.05) is 31.1 Å². The van der Waals surface area contributed by atoms with Crippen LogP contribution in [0.25, 0.3) is 0 Å². The smallest absolute Gasteiger partial charge is 0.255 e. The van der Waals surface area contributed by atoms with Gasteiger partial charge in [-0.2, -0.15) is 0 Å². The lowest BCUT2D eigenvalue weighted by atomic mass is 10.1. The molecule has 2 aliphatic rings. The molecule has 3 heterocycles. The van der Waals surface area contributed by atoms with Crippen molar-refractivity contribution in [2.24, 2.45) is 0 Å². The van der Waals surface area contributed by atoms with Gasteiger partial charge in [-0.25, -0.2) is 4.98 Å². The summed E-state index contributed by atoms with van der Waals surface area (Å²) in [7, 11) is 0. The van der Waals surface area contributed by atoms with Gasteiger partial charge >= 0.3 is 0 Å². The standard InChI is InChI=1S/C24H32N4O/c29-24(22-12-9-13-25-23(22)28-16-7-8-17-28)26-18-20-10-3-4-11-21(20)19-27-14-5-1-2-6-15-27/h3-4,9-13H,1-2,5-8,14-19H2,(H,26,29). The van der Waals surface area contributed by atoms with E-state index >= 15 is 0 Å². The number of amides is 1. The largest absolute Gasteiger partial charge is 0.356 e. The molecule has 2 aliphatic heterocycles. The van der Waals surface area contributed by atoms with Crippen molar-refractivity contribution in [3.63, 3.8) is 0 Å². The van der Waals surface area contributed by atoms with Gasteiger partial charge in [0.25, 0.3) is 5.91 Å². The first kappa shape index (κ1) is 19.9. The monoisotopic (exact) mass is 392 g/mol. The number of carbonyl (C=O) groups excluding carboxylic acids is 1. The molecule has 0 aliphatic carbocycles. The van der Waals surface area contributed by atoms with Crippen molar-refractivity contribution in [1.82, 2.24) is 15.2 Å². The molecular formula is C24H32N4O. The quantitative estimate of drug-likeness (QED) is 0.808. The Kier molecular flexibility index (Phi) is 6.78. The molecule has 1 aromatic carbocycles. The zero-order valence-electron chi connectivity index (χ0n) is 17.3. The van der Waals surface area contributed by atoms with Gasteiger partial charge in [-0.15, -0.1) is 0 Å². The van der Waals surface area contributed by atoms with Gasteiger partial charge in [0.1, 0.15) is 5.82 Å². The molecule has 154 valence electrons. The summed E-state index contributed by atoms with van der Waals surface area (Å²) in [6.07, 6.45) is 9.39. The van der Waals surface area contributed by atoms with Crippen molar-refractivity contribution >= 4 is 11.7 Å². The summed E-state index contributed by atoms with van der Waals surface area (Å²) >= 11 is 0. The number of hydrogen-bond donors (Lipinski definition) is 1. The van der Waals surface area contributed by atoms with E-state index in [-0.39, 0.29) is 5.91 Å². The topological polar surface area (TPSA) is 48.5 Å². The molecule has 0 spiro atoms. The Morgan fingerprint density at radius 3 is 2.31 bits per heavy atom. The van der Waals surface area contributed by atoms with E-state index in [1.165, 1.54) is 62.7 Å². The Balaban J connectivity index is 1.42. The molecule has 4 rings (SSSR count). The Morgan fingerprint density at radius 1 is 0.862 bits per heavy atom. The van der Waals surface area contributed by atoms with Gasteiger partial charge in [-0.1, -0.05) is 37.1 Å². The molecule has 1 amide bonds.